The van der Waals surface area contributed by atoms with Crippen LogP contribution in [-0.2, 0) is 13.1 Å². The fraction of sp³-hybridized carbons (Fsp3) is 0.435. The number of fused-ring (bicyclic) bond motifs is 1. The molecule has 0 N–H and O–H groups in total. The van der Waals surface area contributed by atoms with Crippen molar-refractivity contribution in [2.45, 2.75) is 46.7 Å². The number of aromatic nitrogens is 1. The lowest BCUT2D eigenvalue weighted by atomic mass is 9.94. The predicted octanol–water partition coefficient (Wildman–Crippen LogP) is 4.43. The highest BCUT2D eigenvalue weighted by Crippen LogP contribution is 2.24. The van der Waals surface area contributed by atoms with Gasteiger partial charge in [-0.05, 0) is 81.4 Å². The van der Waals surface area contributed by atoms with Crippen LogP contribution in [0.1, 0.15) is 35.1 Å². The van der Waals surface area contributed by atoms with Crippen LogP contribution in [0.25, 0.3) is 11.1 Å². The van der Waals surface area contributed by atoms with E-state index < -0.39 is 0 Å². The van der Waals surface area contributed by atoms with Crippen molar-refractivity contribution in [3.05, 3.63) is 69.2 Å². The van der Waals surface area contributed by atoms with Crippen molar-refractivity contribution in [3.63, 3.8) is 0 Å². The van der Waals surface area contributed by atoms with Crippen LogP contribution < -0.4 is 5.76 Å². The number of likely N-dealkylation sites (tertiary alicyclic amines) is 1. The minimum absolute atomic E-state index is 0.232. The highest BCUT2D eigenvalue weighted by Gasteiger charge is 2.22. The topological polar surface area (TPSA) is 38.4 Å². The Balaban J connectivity index is 1.41. The Kier molecular flexibility index (Phi) is 4.92. The zero-order valence-corrected chi connectivity index (χ0v) is 16.5. The number of oxazole rings is 1. The Labute approximate surface area is 160 Å². The summed E-state index contributed by atoms with van der Waals surface area (Å²) in [7, 11) is 0. The molecule has 1 aromatic heterocycles. The molecule has 0 radical (unpaired) electrons. The second-order valence-corrected chi connectivity index (χ2v) is 8.04. The van der Waals surface area contributed by atoms with Gasteiger partial charge in [-0.2, -0.15) is 0 Å². The SMILES string of the molecule is Cc1cc(C)c(CN2CCC(Cn3c(=O)oc4ccccc43)CC2)c(C)c1. The van der Waals surface area contributed by atoms with E-state index in [2.05, 4.69) is 37.8 Å². The van der Waals surface area contributed by atoms with Crippen LogP contribution in [0.4, 0.5) is 0 Å². The molecule has 0 saturated carbocycles. The van der Waals surface area contributed by atoms with Gasteiger partial charge >= 0.3 is 5.76 Å². The van der Waals surface area contributed by atoms with Gasteiger partial charge in [0.2, 0.25) is 0 Å². The number of rotatable bonds is 4. The molecule has 4 rings (SSSR count). The van der Waals surface area contributed by atoms with Crippen LogP contribution in [0.15, 0.2) is 45.6 Å². The smallest absolute Gasteiger partial charge is 0.408 e. The van der Waals surface area contributed by atoms with E-state index in [1.54, 1.807) is 0 Å². The molecule has 0 amide bonds. The number of hydrogen-bond donors (Lipinski definition) is 0. The van der Waals surface area contributed by atoms with Crippen LogP contribution in [0.2, 0.25) is 0 Å². The third-order valence-corrected chi connectivity index (χ3v) is 5.94. The summed E-state index contributed by atoms with van der Waals surface area (Å²) >= 11 is 0. The summed E-state index contributed by atoms with van der Waals surface area (Å²) in [5.74, 6) is 0.296. The minimum atomic E-state index is -0.232. The zero-order valence-electron chi connectivity index (χ0n) is 16.5. The average molecular weight is 364 g/mol. The maximum absolute atomic E-state index is 12.2. The Bertz CT molecular complexity index is 984. The van der Waals surface area contributed by atoms with Gasteiger partial charge in [-0.3, -0.25) is 9.47 Å². The summed E-state index contributed by atoms with van der Waals surface area (Å²) in [5, 5.41) is 0. The van der Waals surface area contributed by atoms with Gasteiger partial charge in [0.15, 0.2) is 5.58 Å². The van der Waals surface area contributed by atoms with Crippen LogP contribution in [0, 0.1) is 26.7 Å². The van der Waals surface area contributed by atoms with Crippen molar-refractivity contribution in [3.8, 4) is 0 Å². The quantitative estimate of drug-likeness (QED) is 0.687. The molecule has 4 heteroatoms. The molecule has 142 valence electrons. The number of nitrogens with zero attached hydrogens (tertiary/aromatic N) is 2. The summed E-state index contributed by atoms with van der Waals surface area (Å²) in [6.45, 7) is 10.6. The van der Waals surface area contributed by atoms with Crippen molar-refractivity contribution in [2.75, 3.05) is 13.1 Å². The molecule has 4 nitrogen and oxygen atoms in total. The molecular formula is C23H28N2O2. The summed E-state index contributed by atoms with van der Waals surface area (Å²) < 4.78 is 7.18. The normalized spacial score (nSPS) is 16.3. The van der Waals surface area contributed by atoms with E-state index >= 15 is 0 Å². The number of piperidine rings is 1. The zero-order chi connectivity index (χ0) is 19.0. The standard InChI is InChI=1S/C23H28N2O2/c1-16-12-17(2)20(18(3)13-16)15-24-10-8-19(9-11-24)14-25-21-6-4-5-7-22(21)27-23(25)26/h4-7,12-13,19H,8-11,14-15H2,1-3H3. The van der Waals surface area contributed by atoms with Crippen molar-refractivity contribution in [1.82, 2.24) is 9.47 Å². The first-order valence-electron chi connectivity index (χ1n) is 9.88. The summed E-state index contributed by atoms with van der Waals surface area (Å²) in [6, 6.07) is 12.3. The molecule has 1 aliphatic heterocycles. The summed E-state index contributed by atoms with van der Waals surface area (Å²) in [6.07, 6.45) is 2.24. The monoisotopic (exact) mass is 364 g/mol. The first kappa shape index (κ1) is 18.1. The van der Waals surface area contributed by atoms with Gasteiger partial charge in [-0.15, -0.1) is 0 Å². The average Bonchev–Trinajstić information content (AvgIpc) is 2.95. The van der Waals surface area contributed by atoms with E-state index in [-0.39, 0.29) is 5.76 Å². The lowest BCUT2D eigenvalue weighted by molar-refractivity contribution is 0.166. The van der Waals surface area contributed by atoms with E-state index in [0.717, 1.165) is 44.5 Å². The fourth-order valence-corrected chi connectivity index (χ4v) is 4.46. The van der Waals surface area contributed by atoms with Crippen LogP contribution in [-0.4, -0.2) is 22.6 Å². The Morgan fingerprint density at radius 1 is 1.04 bits per heavy atom. The molecule has 0 aliphatic carbocycles. The lowest BCUT2D eigenvalue weighted by Gasteiger charge is -2.32. The van der Waals surface area contributed by atoms with E-state index in [1.807, 2.05) is 28.8 Å². The van der Waals surface area contributed by atoms with Crippen LogP contribution in [0.3, 0.4) is 0 Å². The molecule has 27 heavy (non-hydrogen) atoms. The maximum atomic E-state index is 12.2. The second kappa shape index (κ2) is 7.35. The highest BCUT2D eigenvalue weighted by atomic mass is 16.4. The number of aryl methyl sites for hydroxylation is 3. The predicted molar refractivity (Wildman–Crippen MR) is 109 cm³/mol. The molecule has 2 aromatic carbocycles. The van der Waals surface area contributed by atoms with Gasteiger partial charge in [0.25, 0.3) is 0 Å². The molecule has 0 spiro atoms. The molecule has 1 saturated heterocycles. The third kappa shape index (κ3) is 3.72. The molecule has 3 aromatic rings. The Hall–Kier alpha value is -2.33. The largest absolute Gasteiger partial charge is 0.419 e. The van der Waals surface area contributed by atoms with Gasteiger partial charge in [0.1, 0.15) is 0 Å². The van der Waals surface area contributed by atoms with Crippen molar-refractivity contribution >= 4 is 11.1 Å². The Morgan fingerprint density at radius 2 is 1.70 bits per heavy atom. The molecule has 2 heterocycles. The van der Waals surface area contributed by atoms with Crippen LogP contribution >= 0.6 is 0 Å². The Morgan fingerprint density at radius 3 is 2.41 bits per heavy atom. The number of hydrogen-bond acceptors (Lipinski definition) is 3. The van der Waals surface area contributed by atoms with Gasteiger partial charge in [-0.1, -0.05) is 29.8 Å². The van der Waals surface area contributed by atoms with E-state index in [4.69, 9.17) is 4.42 Å². The fourth-order valence-electron chi connectivity index (χ4n) is 4.46. The molecule has 0 atom stereocenters. The number of para-hydroxylation sites is 2. The van der Waals surface area contributed by atoms with Crippen LogP contribution in [0.5, 0.6) is 0 Å². The second-order valence-electron chi connectivity index (χ2n) is 8.04. The van der Waals surface area contributed by atoms with Gasteiger partial charge in [0.05, 0.1) is 5.52 Å². The van der Waals surface area contributed by atoms with Crippen molar-refractivity contribution in [2.24, 2.45) is 5.92 Å². The van der Waals surface area contributed by atoms with Crippen molar-refractivity contribution in [1.29, 1.82) is 0 Å². The first-order valence-corrected chi connectivity index (χ1v) is 9.88. The third-order valence-electron chi connectivity index (χ3n) is 5.94. The lowest BCUT2D eigenvalue weighted by Crippen LogP contribution is -2.35. The van der Waals surface area contributed by atoms with Gasteiger partial charge in [0, 0.05) is 13.1 Å². The van der Waals surface area contributed by atoms with E-state index in [9.17, 15) is 4.79 Å². The van der Waals surface area contributed by atoms with Gasteiger partial charge in [-0.25, -0.2) is 4.79 Å². The summed E-state index contributed by atoms with van der Waals surface area (Å²) in [4.78, 5) is 14.8. The minimum Gasteiger partial charge on any atom is -0.408 e. The molecule has 1 aliphatic rings. The first-order chi connectivity index (χ1) is 13.0. The molecule has 1 fully saturated rings. The molecular weight excluding hydrogens is 336 g/mol. The molecule has 0 unspecified atom stereocenters. The maximum Gasteiger partial charge on any atom is 0.419 e. The highest BCUT2D eigenvalue weighted by molar-refractivity contribution is 5.72. The summed E-state index contributed by atoms with van der Waals surface area (Å²) in [5.41, 5.74) is 7.19. The van der Waals surface area contributed by atoms with Crippen molar-refractivity contribution < 1.29 is 4.42 Å². The van der Waals surface area contributed by atoms with E-state index in [0.29, 0.717) is 11.5 Å². The van der Waals surface area contributed by atoms with Gasteiger partial charge < -0.3 is 4.42 Å². The number of benzene rings is 2. The molecule has 0 bridgehead atoms. The van der Waals surface area contributed by atoms with E-state index in [1.165, 1.54) is 22.3 Å².